The van der Waals surface area contributed by atoms with E-state index in [-0.39, 0.29) is 18.0 Å². The molecule has 2 fully saturated rings. The largest absolute Gasteiger partial charge is 0.348 e. The Hall–Kier alpha value is -2.83. The highest BCUT2D eigenvalue weighted by Gasteiger charge is 2.42. The average Bonchev–Trinajstić information content (AvgIpc) is 3.29. The summed E-state index contributed by atoms with van der Waals surface area (Å²) in [6, 6.07) is 2.62. The molecule has 1 aliphatic carbocycles. The highest BCUT2D eigenvalue weighted by molar-refractivity contribution is 5.94. The van der Waals surface area contributed by atoms with Gasteiger partial charge >= 0.3 is 0 Å². The second kappa shape index (κ2) is 7.30. The van der Waals surface area contributed by atoms with Gasteiger partial charge in [0.1, 0.15) is 17.5 Å². The second-order valence-electron chi connectivity index (χ2n) is 7.72. The van der Waals surface area contributed by atoms with Gasteiger partial charge in [-0.25, -0.2) is 10.4 Å². The fourth-order valence-electron chi connectivity index (χ4n) is 4.29. The zero-order chi connectivity index (χ0) is 19.8. The molecule has 4 atom stereocenters. The van der Waals surface area contributed by atoms with E-state index in [0.29, 0.717) is 23.2 Å². The monoisotopic (exact) mass is 380 g/mol. The highest BCUT2D eigenvalue weighted by atomic mass is 16.1. The Bertz CT molecular complexity index is 946. The fraction of sp³-hybridized carbons (Fsp3) is 0.526. The van der Waals surface area contributed by atoms with Gasteiger partial charge in [0.25, 0.3) is 5.91 Å². The van der Waals surface area contributed by atoms with E-state index in [0.717, 1.165) is 36.1 Å². The zero-order valence-electron chi connectivity index (χ0n) is 16.2. The highest BCUT2D eigenvalue weighted by Crippen LogP contribution is 2.37. The van der Waals surface area contributed by atoms with Crippen LogP contribution in [0.3, 0.4) is 0 Å². The van der Waals surface area contributed by atoms with Gasteiger partial charge in [-0.1, -0.05) is 5.21 Å². The van der Waals surface area contributed by atoms with Crippen LogP contribution in [-0.2, 0) is 7.05 Å². The van der Waals surface area contributed by atoms with Crippen LogP contribution in [0.25, 0.3) is 0 Å². The molecule has 3 heterocycles. The van der Waals surface area contributed by atoms with Crippen LogP contribution >= 0.6 is 0 Å². The summed E-state index contributed by atoms with van der Waals surface area (Å²) >= 11 is 0. The van der Waals surface area contributed by atoms with Gasteiger partial charge in [-0.2, -0.15) is 5.26 Å². The first kappa shape index (κ1) is 18.5. The van der Waals surface area contributed by atoms with E-state index in [4.69, 9.17) is 5.26 Å². The summed E-state index contributed by atoms with van der Waals surface area (Å²) in [6.45, 7) is 3.68. The lowest BCUT2D eigenvalue weighted by atomic mass is 9.78. The van der Waals surface area contributed by atoms with Gasteiger partial charge in [0.2, 0.25) is 0 Å². The van der Waals surface area contributed by atoms with E-state index in [9.17, 15) is 4.79 Å². The van der Waals surface area contributed by atoms with Crippen LogP contribution in [0.2, 0.25) is 0 Å². The van der Waals surface area contributed by atoms with Crippen molar-refractivity contribution in [1.29, 1.82) is 5.26 Å². The first-order valence-corrected chi connectivity index (χ1v) is 9.52. The Kier molecular flexibility index (Phi) is 4.83. The number of nitrogens with one attached hydrogen (secondary N) is 3. The van der Waals surface area contributed by atoms with Crippen molar-refractivity contribution in [2.24, 2.45) is 13.0 Å². The number of amides is 1. The van der Waals surface area contributed by atoms with E-state index in [1.54, 1.807) is 4.68 Å². The molecule has 0 radical (unpaired) electrons. The molecule has 1 aliphatic heterocycles. The van der Waals surface area contributed by atoms with Crippen molar-refractivity contribution in [2.45, 2.75) is 51.2 Å². The number of fused-ring (bicyclic) bond motifs is 1. The SMILES string of the molecule is Cc1c(C#N)cnc(C(=O)NC2CCC3NNC(c4cn(C)nn4)C3C2)c1C. The smallest absolute Gasteiger partial charge is 0.270 e. The quantitative estimate of drug-likeness (QED) is 0.721. The molecule has 4 unspecified atom stereocenters. The molecule has 2 aliphatic rings. The lowest BCUT2D eigenvalue weighted by Crippen LogP contribution is -2.44. The van der Waals surface area contributed by atoms with Crippen molar-refractivity contribution in [3.05, 3.63) is 40.5 Å². The molecule has 2 aromatic heterocycles. The number of carbonyl (C=O) groups excluding carboxylic acids is 1. The Morgan fingerprint density at radius 1 is 1.32 bits per heavy atom. The van der Waals surface area contributed by atoms with Crippen LogP contribution in [0.1, 0.15) is 58.2 Å². The molecular formula is C19H24N8O. The van der Waals surface area contributed by atoms with Crippen LogP contribution in [0.4, 0.5) is 0 Å². The third-order valence-corrected chi connectivity index (χ3v) is 6.01. The van der Waals surface area contributed by atoms with Gasteiger partial charge in [-0.15, -0.1) is 5.10 Å². The minimum atomic E-state index is -0.177. The zero-order valence-corrected chi connectivity index (χ0v) is 16.2. The van der Waals surface area contributed by atoms with Gasteiger partial charge in [-0.3, -0.25) is 14.9 Å². The maximum Gasteiger partial charge on any atom is 0.270 e. The number of pyridine rings is 1. The number of aryl methyl sites for hydroxylation is 1. The van der Waals surface area contributed by atoms with Crippen molar-refractivity contribution in [3.8, 4) is 6.07 Å². The summed E-state index contributed by atoms with van der Waals surface area (Å²) in [7, 11) is 1.86. The summed E-state index contributed by atoms with van der Waals surface area (Å²) in [5.41, 5.74) is 10.1. The number of rotatable bonds is 3. The average molecular weight is 380 g/mol. The summed E-state index contributed by atoms with van der Waals surface area (Å²) in [6.07, 6.45) is 6.13. The second-order valence-corrected chi connectivity index (χ2v) is 7.72. The van der Waals surface area contributed by atoms with Gasteiger partial charge in [0, 0.05) is 31.5 Å². The minimum Gasteiger partial charge on any atom is -0.348 e. The molecule has 2 aromatic rings. The first-order chi connectivity index (χ1) is 13.5. The number of nitriles is 1. The molecular weight excluding hydrogens is 356 g/mol. The number of hydrogen-bond acceptors (Lipinski definition) is 7. The standard InChI is InChI=1S/C19H24N8O/c1-10-11(2)17(21-8-12(10)7-20)19(28)22-13-4-5-15-14(6-13)18(25-23-15)16-9-27(3)26-24-16/h8-9,13-15,18,23,25H,4-6H2,1-3H3,(H,22,28). The van der Waals surface area contributed by atoms with E-state index < -0.39 is 0 Å². The minimum absolute atomic E-state index is 0.0757. The Balaban J connectivity index is 1.47. The lowest BCUT2D eigenvalue weighted by Gasteiger charge is -2.33. The molecule has 1 saturated carbocycles. The molecule has 9 nitrogen and oxygen atoms in total. The van der Waals surface area contributed by atoms with Gasteiger partial charge in [0.05, 0.1) is 11.6 Å². The summed E-state index contributed by atoms with van der Waals surface area (Å²) in [5.74, 6) is 0.149. The predicted molar refractivity (Wildman–Crippen MR) is 101 cm³/mol. The maximum absolute atomic E-state index is 12.8. The first-order valence-electron chi connectivity index (χ1n) is 9.52. The van der Waals surface area contributed by atoms with Gasteiger partial charge < -0.3 is 5.32 Å². The van der Waals surface area contributed by atoms with Crippen molar-refractivity contribution < 1.29 is 4.79 Å². The van der Waals surface area contributed by atoms with Crippen molar-refractivity contribution in [1.82, 2.24) is 36.1 Å². The molecule has 0 aromatic carbocycles. The molecule has 28 heavy (non-hydrogen) atoms. The number of hydrogen-bond donors (Lipinski definition) is 3. The Labute approximate surface area is 163 Å². The third-order valence-electron chi connectivity index (χ3n) is 6.01. The van der Waals surface area contributed by atoms with E-state index in [2.05, 4.69) is 37.5 Å². The van der Waals surface area contributed by atoms with Crippen LogP contribution in [0, 0.1) is 31.1 Å². The Morgan fingerprint density at radius 2 is 2.14 bits per heavy atom. The number of nitrogens with zero attached hydrogens (tertiary/aromatic N) is 5. The topological polar surface area (TPSA) is 121 Å². The molecule has 3 N–H and O–H groups in total. The fourth-order valence-corrected chi connectivity index (χ4v) is 4.29. The van der Waals surface area contributed by atoms with Crippen molar-refractivity contribution in [3.63, 3.8) is 0 Å². The normalized spacial score (nSPS) is 26.5. The Morgan fingerprint density at radius 3 is 2.86 bits per heavy atom. The predicted octanol–water partition coefficient (Wildman–Crippen LogP) is 0.815. The summed E-state index contributed by atoms with van der Waals surface area (Å²) in [5, 5.41) is 20.6. The summed E-state index contributed by atoms with van der Waals surface area (Å²) < 4.78 is 1.70. The molecule has 0 spiro atoms. The lowest BCUT2D eigenvalue weighted by molar-refractivity contribution is 0.0909. The maximum atomic E-state index is 12.8. The van der Waals surface area contributed by atoms with Gasteiger partial charge in [-0.05, 0) is 50.2 Å². The van der Waals surface area contributed by atoms with E-state index in [1.807, 2.05) is 27.1 Å². The molecule has 9 heteroatoms. The van der Waals surface area contributed by atoms with Crippen LogP contribution in [-0.4, -0.2) is 38.0 Å². The third kappa shape index (κ3) is 3.25. The molecule has 1 saturated heterocycles. The van der Waals surface area contributed by atoms with Crippen LogP contribution in [0.15, 0.2) is 12.4 Å². The van der Waals surface area contributed by atoms with Crippen molar-refractivity contribution in [2.75, 3.05) is 0 Å². The van der Waals surface area contributed by atoms with E-state index >= 15 is 0 Å². The van der Waals surface area contributed by atoms with Crippen LogP contribution in [0.5, 0.6) is 0 Å². The number of aromatic nitrogens is 4. The van der Waals surface area contributed by atoms with Gasteiger partial charge in [0.15, 0.2) is 0 Å². The van der Waals surface area contributed by atoms with Crippen LogP contribution < -0.4 is 16.2 Å². The number of hydrazine groups is 1. The molecule has 4 rings (SSSR count). The molecule has 146 valence electrons. The molecule has 0 bridgehead atoms. The van der Waals surface area contributed by atoms with Crippen molar-refractivity contribution >= 4 is 5.91 Å². The summed E-state index contributed by atoms with van der Waals surface area (Å²) in [4.78, 5) is 17.0. The number of carbonyl (C=O) groups is 1. The van der Waals surface area contributed by atoms with E-state index in [1.165, 1.54) is 6.20 Å². The molecule has 1 amide bonds.